The second kappa shape index (κ2) is 7.91. The number of nitrogens with one attached hydrogen (secondary N) is 2. The van der Waals surface area contributed by atoms with Gasteiger partial charge in [0.1, 0.15) is 22.8 Å². The lowest BCUT2D eigenvalue weighted by molar-refractivity contribution is -0.384. The lowest BCUT2D eigenvalue weighted by Crippen LogP contribution is -2.64. The highest BCUT2D eigenvalue weighted by atomic mass is 16.6. The molecule has 156 valence electrons. The number of nitro benzene ring substituents is 1. The summed E-state index contributed by atoms with van der Waals surface area (Å²) in [7, 11) is 0. The Bertz CT molecular complexity index is 1200. The molecule has 2 heterocycles. The van der Waals surface area contributed by atoms with Crippen LogP contribution in [0.3, 0.4) is 0 Å². The Morgan fingerprint density at radius 3 is 2.48 bits per heavy atom. The SMILES string of the molecule is CC1(Cc2ccccc2)NC(=O)/C(=C/c2ccc(-c3ccccc3[N+](=O)[O-])o2)NC1=O. The molecule has 4 rings (SSSR count). The molecule has 0 aliphatic carbocycles. The molecule has 2 N–H and O–H groups in total. The first-order chi connectivity index (χ1) is 14.9. The molecule has 1 fully saturated rings. The largest absolute Gasteiger partial charge is 0.456 e. The Morgan fingerprint density at radius 1 is 1.03 bits per heavy atom. The van der Waals surface area contributed by atoms with Gasteiger partial charge in [0.25, 0.3) is 11.6 Å². The quantitative estimate of drug-likeness (QED) is 0.375. The molecule has 0 saturated carbocycles. The molecule has 1 atom stereocenters. The minimum Gasteiger partial charge on any atom is -0.456 e. The minimum absolute atomic E-state index is 0.0407. The fourth-order valence-corrected chi connectivity index (χ4v) is 3.48. The maximum atomic E-state index is 12.7. The molecule has 1 unspecified atom stereocenters. The van der Waals surface area contributed by atoms with Crippen LogP contribution in [-0.4, -0.2) is 22.3 Å². The highest BCUT2D eigenvalue weighted by molar-refractivity contribution is 6.08. The third kappa shape index (κ3) is 4.09. The van der Waals surface area contributed by atoms with Gasteiger partial charge in [-0.3, -0.25) is 19.7 Å². The van der Waals surface area contributed by atoms with E-state index in [9.17, 15) is 19.7 Å². The van der Waals surface area contributed by atoms with Gasteiger partial charge in [0, 0.05) is 18.6 Å². The lowest BCUT2D eigenvalue weighted by atomic mass is 9.89. The number of hydrogen-bond donors (Lipinski definition) is 2. The fraction of sp³-hybridized carbons (Fsp3) is 0.130. The average molecular weight is 417 g/mol. The highest BCUT2D eigenvalue weighted by Gasteiger charge is 2.40. The second-order valence-corrected chi connectivity index (χ2v) is 7.44. The summed E-state index contributed by atoms with van der Waals surface area (Å²) in [6.07, 6.45) is 1.74. The van der Waals surface area contributed by atoms with Gasteiger partial charge >= 0.3 is 0 Å². The molecule has 2 aromatic carbocycles. The van der Waals surface area contributed by atoms with Crippen LogP contribution in [0.25, 0.3) is 17.4 Å². The Balaban J connectivity index is 1.56. The number of furan rings is 1. The zero-order chi connectivity index (χ0) is 22.0. The summed E-state index contributed by atoms with van der Waals surface area (Å²) in [4.78, 5) is 36.1. The molecule has 1 aliphatic rings. The maximum Gasteiger partial charge on any atom is 0.280 e. The van der Waals surface area contributed by atoms with Crippen LogP contribution in [0, 0.1) is 10.1 Å². The van der Waals surface area contributed by atoms with E-state index < -0.39 is 16.4 Å². The molecule has 1 aliphatic heterocycles. The molecule has 0 bridgehead atoms. The molecular weight excluding hydrogens is 398 g/mol. The molecule has 31 heavy (non-hydrogen) atoms. The van der Waals surface area contributed by atoms with Crippen LogP contribution in [0.1, 0.15) is 18.2 Å². The first-order valence-electron chi connectivity index (χ1n) is 9.59. The number of amides is 2. The van der Waals surface area contributed by atoms with E-state index in [0.29, 0.717) is 12.0 Å². The van der Waals surface area contributed by atoms with Crippen molar-refractivity contribution in [1.82, 2.24) is 10.6 Å². The number of carbonyl (C=O) groups is 2. The highest BCUT2D eigenvalue weighted by Crippen LogP contribution is 2.31. The van der Waals surface area contributed by atoms with Gasteiger partial charge in [-0.2, -0.15) is 0 Å². The minimum atomic E-state index is -1.09. The normalized spacial score (nSPS) is 19.7. The maximum absolute atomic E-state index is 12.7. The van der Waals surface area contributed by atoms with Gasteiger partial charge in [-0.15, -0.1) is 0 Å². The van der Waals surface area contributed by atoms with Gasteiger partial charge < -0.3 is 15.1 Å². The van der Waals surface area contributed by atoms with E-state index in [2.05, 4.69) is 10.6 Å². The molecule has 2 amide bonds. The summed E-state index contributed by atoms with van der Waals surface area (Å²) >= 11 is 0. The predicted octanol–water partition coefficient (Wildman–Crippen LogP) is 3.44. The van der Waals surface area contributed by atoms with E-state index in [1.807, 2.05) is 30.3 Å². The third-order valence-corrected chi connectivity index (χ3v) is 5.06. The average Bonchev–Trinajstić information content (AvgIpc) is 3.21. The number of benzene rings is 2. The Kier molecular flexibility index (Phi) is 5.12. The molecular formula is C23H19N3O5. The summed E-state index contributed by atoms with van der Waals surface area (Å²) in [6, 6.07) is 18.8. The fourth-order valence-electron chi connectivity index (χ4n) is 3.48. The molecule has 0 radical (unpaired) electrons. The van der Waals surface area contributed by atoms with Crippen LogP contribution >= 0.6 is 0 Å². The van der Waals surface area contributed by atoms with Crippen molar-refractivity contribution in [1.29, 1.82) is 0 Å². The van der Waals surface area contributed by atoms with Crippen molar-refractivity contribution < 1.29 is 18.9 Å². The van der Waals surface area contributed by atoms with Gasteiger partial charge in [-0.25, -0.2) is 0 Å². The number of nitrogens with zero attached hydrogens (tertiary/aromatic N) is 1. The second-order valence-electron chi connectivity index (χ2n) is 7.44. The van der Waals surface area contributed by atoms with E-state index in [4.69, 9.17) is 4.42 Å². The molecule has 3 aromatic rings. The summed E-state index contributed by atoms with van der Waals surface area (Å²) < 4.78 is 5.68. The first kappa shape index (κ1) is 20.1. The van der Waals surface area contributed by atoms with E-state index >= 15 is 0 Å². The van der Waals surface area contributed by atoms with Crippen LogP contribution in [0.2, 0.25) is 0 Å². The monoisotopic (exact) mass is 417 g/mol. The summed E-state index contributed by atoms with van der Waals surface area (Å²) in [5.74, 6) is -0.213. The van der Waals surface area contributed by atoms with Gasteiger partial charge in [0.2, 0.25) is 5.91 Å². The van der Waals surface area contributed by atoms with E-state index in [0.717, 1.165) is 5.56 Å². The molecule has 1 aromatic heterocycles. The van der Waals surface area contributed by atoms with Crippen molar-refractivity contribution in [2.24, 2.45) is 0 Å². The smallest absolute Gasteiger partial charge is 0.280 e. The first-order valence-corrected chi connectivity index (χ1v) is 9.59. The van der Waals surface area contributed by atoms with Crippen molar-refractivity contribution in [3.8, 4) is 11.3 Å². The Labute approximate surface area is 177 Å². The van der Waals surface area contributed by atoms with Crippen LogP contribution in [0.4, 0.5) is 5.69 Å². The zero-order valence-corrected chi connectivity index (χ0v) is 16.6. The van der Waals surface area contributed by atoms with Crippen LogP contribution in [0.5, 0.6) is 0 Å². The summed E-state index contributed by atoms with van der Waals surface area (Å²) in [6.45, 7) is 1.67. The van der Waals surface area contributed by atoms with Gasteiger partial charge in [0.15, 0.2) is 0 Å². The van der Waals surface area contributed by atoms with E-state index in [-0.39, 0.29) is 28.8 Å². The van der Waals surface area contributed by atoms with Crippen molar-refractivity contribution >= 4 is 23.6 Å². The van der Waals surface area contributed by atoms with Crippen molar-refractivity contribution in [2.75, 3.05) is 0 Å². The number of para-hydroxylation sites is 1. The van der Waals surface area contributed by atoms with E-state index in [1.54, 1.807) is 37.3 Å². The predicted molar refractivity (Wildman–Crippen MR) is 114 cm³/mol. The van der Waals surface area contributed by atoms with Crippen LogP contribution < -0.4 is 10.6 Å². The van der Waals surface area contributed by atoms with Gasteiger partial charge in [-0.05, 0) is 30.7 Å². The van der Waals surface area contributed by atoms with Gasteiger partial charge in [-0.1, -0.05) is 42.5 Å². The summed E-state index contributed by atoms with van der Waals surface area (Å²) in [5, 5.41) is 16.7. The van der Waals surface area contributed by atoms with Crippen LogP contribution in [-0.2, 0) is 16.0 Å². The van der Waals surface area contributed by atoms with Crippen molar-refractivity contribution in [3.05, 3.63) is 93.9 Å². The Morgan fingerprint density at radius 2 is 1.74 bits per heavy atom. The molecule has 0 spiro atoms. The zero-order valence-electron chi connectivity index (χ0n) is 16.6. The number of hydrogen-bond acceptors (Lipinski definition) is 5. The number of rotatable bonds is 5. The van der Waals surface area contributed by atoms with E-state index in [1.165, 1.54) is 12.1 Å². The molecule has 1 saturated heterocycles. The van der Waals surface area contributed by atoms with Gasteiger partial charge in [0.05, 0.1) is 10.5 Å². The number of nitro groups is 1. The standard InChI is InChI=1S/C23H19N3O5/c1-23(14-15-7-3-2-4-8-15)22(28)24-18(21(27)25-23)13-16-11-12-20(31-16)17-9-5-6-10-19(17)26(29)30/h2-13H,14H2,1H3,(H,24,28)(H,25,27)/b18-13-. The third-order valence-electron chi connectivity index (χ3n) is 5.06. The Hall–Kier alpha value is -4.20. The topological polar surface area (TPSA) is 114 Å². The van der Waals surface area contributed by atoms with Crippen molar-refractivity contribution in [2.45, 2.75) is 18.9 Å². The lowest BCUT2D eigenvalue weighted by Gasteiger charge is -2.34. The molecule has 8 nitrogen and oxygen atoms in total. The molecule has 8 heteroatoms. The number of piperazine rings is 1. The van der Waals surface area contributed by atoms with Crippen molar-refractivity contribution in [3.63, 3.8) is 0 Å². The summed E-state index contributed by atoms with van der Waals surface area (Å²) in [5.41, 5.74) is 0.113. The van der Waals surface area contributed by atoms with Crippen LogP contribution in [0.15, 0.2) is 76.8 Å². The number of carbonyl (C=O) groups excluding carboxylic acids is 2.